The highest BCUT2D eigenvalue weighted by Crippen LogP contribution is 2.53. The lowest BCUT2D eigenvalue weighted by Crippen LogP contribution is -2.66. The van der Waals surface area contributed by atoms with Crippen LogP contribution in [0.3, 0.4) is 0 Å². The molecule has 3 aliphatic heterocycles. The maximum absolute atomic E-state index is 13.5. The Bertz CT molecular complexity index is 959. The molecule has 3 amide bonds. The SMILES string of the molecule is C[C@H]1C(=O)N2C(CN1C(=O)Nc1ccc(Cl)c(Cl)c1)OCCC[C@H]2CN1CCC2(CC2)[C@H](O)C1. The van der Waals surface area contributed by atoms with Crippen molar-refractivity contribution in [2.75, 3.05) is 38.1 Å². The van der Waals surface area contributed by atoms with Crippen LogP contribution in [0, 0.1) is 5.41 Å². The van der Waals surface area contributed by atoms with Crippen LogP contribution >= 0.6 is 23.2 Å². The predicted molar refractivity (Wildman–Crippen MR) is 130 cm³/mol. The molecule has 8 nitrogen and oxygen atoms in total. The molecular formula is C24H32Cl2N4O4. The standard InChI is InChI=1S/C24H32Cl2N4O4/c1-15-22(32)30-17(12-28-9-8-24(6-7-24)20(31)13-28)3-2-10-34-21(30)14-29(15)23(33)27-16-4-5-18(25)19(26)11-16/h4-5,11,15,17,20-21,31H,2-3,6-10,12-14H2,1H3,(H,27,33)/t15-,17-,20+,21?/m0/s1. The van der Waals surface area contributed by atoms with Crippen LogP contribution in [0.5, 0.6) is 0 Å². The normalized spacial score (nSPS) is 31.2. The minimum atomic E-state index is -0.620. The van der Waals surface area contributed by atoms with Gasteiger partial charge in [-0.05, 0) is 69.2 Å². The van der Waals surface area contributed by atoms with E-state index in [1.807, 2.05) is 4.90 Å². The fraction of sp³-hybridized carbons (Fsp3) is 0.667. The number of hydrogen-bond donors (Lipinski definition) is 2. The fourth-order valence-corrected chi connectivity index (χ4v) is 5.92. The van der Waals surface area contributed by atoms with E-state index in [0.29, 0.717) is 35.4 Å². The number of piperazine rings is 1. The number of nitrogens with one attached hydrogen (secondary N) is 1. The highest BCUT2D eigenvalue weighted by Gasteiger charge is 2.52. The second kappa shape index (κ2) is 9.47. The molecule has 2 N–H and O–H groups in total. The number of fused-ring (bicyclic) bond motifs is 1. The molecule has 0 radical (unpaired) electrons. The van der Waals surface area contributed by atoms with Crippen molar-refractivity contribution in [3.8, 4) is 0 Å². The Hall–Kier alpha value is -1.58. The van der Waals surface area contributed by atoms with Gasteiger partial charge in [-0.2, -0.15) is 0 Å². The van der Waals surface area contributed by atoms with Gasteiger partial charge in [0, 0.05) is 31.4 Å². The number of carbonyl (C=O) groups is 2. The number of hydrogen-bond acceptors (Lipinski definition) is 5. The first-order chi connectivity index (χ1) is 16.3. The lowest BCUT2D eigenvalue weighted by molar-refractivity contribution is -0.166. The summed E-state index contributed by atoms with van der Waals surface area (Å²) >= 11 is 12.0. The van der Waals surface area contributed by atoms with Crippen molar-refractivity contribution in [3.63, 3.8) is 0 Å². The van der Waals surface area contributed by atoms with Gasteiger partial charge in [-0.3, -0.25) is 9.69 Å². The minimum Gasteiger partial charge on any atom is -0.391 e. The second-order valence-electron chi connectivity index (χ2n) is 10.1. The van der Waals surface area contributed by atoms with Crippen molar-refractivity contribution in [1.29, 1.82) is 0 Å². The molecule has 1 aromatic carbocycles. The predicted octanol–water partition coefficient (Wildman–Crippen LogP) is 3.41. The Balaban J connectivity index is 1.27. The molecule has 3 saturated heterocycles. The number of urea groups is 1. The topological polar surface area (TPSA) is 85.4 Å². The van der Waals surface area contributed by atoms with Gasteiger partial charge < -0.3 is 25.0 Å². The summed E-state index contributed by atoms with van der Waals surface area (Å²) in [5, 5.41) is 14.2. The highest BCUT2D eigenvalue weighted by molar-refractivity contribution is 6.42. The van der Waals surface area contributed by atoms with Crippen molar-refractivity contribution in [3.05, 3.63) is 28.2 Å². The molecular weight excluding hydrogens is 479 g/mol. The number of ether oxygens (including phenoxy) is 1. The highest BCUT2D eigenvalue weighted by atomic mass is 35.5. The van der Waals surface area contributed by atoms with Gasteiger partial charge in [0.05, 0.1) is 22.7 Å². The summed E-state index contributed by atoms with van der Waals surface area (Å²) in [6.07, 6.45) is 4.22. The zero-order valence-electron chi connectivity index (χ0n) is 19.4. The number of amides is 3. The fourth-order valence-electron chi connectivity index (χ4n) is 5.62. The van der Waals surface area contributed by atoms with Crippen LogP contribution in [0.25, 0.3) is 0 Å². The van der Waals surface area contributed by atoms with Crippen molar-refractivity contribution in [2.24, 2.45) is 5.41 Å². The maximum Gasteiger partial charge on any atom is 0.322 e. The number of nitrogens with zero attached hydrogens (tertiary/aromatic N) is 3. The molecule has 1 unspecified atom stereocenters. The summed E-state index contributed by atoms with van der Waals surface area (Å²) in [4.78, 5) is 32.3. The minimum absolute atomic E-state index is 0.00295. The van der Waals surface area contributed by atoms with E-state index in [2.05, 4.69) is 10.2 Å². The number of likely N-dealkylation sites (tertiary alicyclic amines) is 1. The molecule has 0 bridgehead atoms. The first-order valence-electron chi connectivity index (χ1n) is 12.1. The monoisotopic (exact) mass is 510 g/mol. The van der Waals surface area contributed by atoms with Gasteiger partial charge in [-0.15, -0.1) is 0 Å². The van der Waals surface area contributed by atoms with Gasteiger partial charge in [0.1, 0.15) is 12.3 Å². The summed E-state index contributed by atoms with van der Waals surface area (Å²) in [6.45, 7) is 4.94. The average Bonchev–Trinajstić information content (AvgIpc) is 3.61. The van der Waals surface area contributed by atoms with Crippen molar-refractivity contribution < 1.29 is 19.4 Å². The van der Waals surface area contributed by atoms with Crippen LogP contribution in [0.15, 0.2) is 18.2 Å². The van der Waals surface area contributed by atoms with Crippen molar-refractivity contribution in [2.45, 2.75) is 63.4 Å². The van der Waals surface area contributed by atoms with Gasteiger partial charge >= 0.3 is 6.03 Å². The van der Waals surface area contributed by atoms with E-state index in [4.69, 9.17) is 27.9 Å². The molecule has 1 spiro atoms. The number of β-amino-alcohol motifs (C(OH)–C–C–N with tert-alkyl or cyclic N) is 1. The number of carbonyl (C=O) groups excluding carboxylic acids is 2. The first-order valence-corrected chi connectivity index (χ1v) is 12.9. The molecule has 1 aliphatic carbocycles. The number of anilines is 1. The Morgan fingerprint density at radius 3 is 2.74 bits per heavy atom. The third-order valence-corrected chi connectivity index (χ3v) is 8.72. The third kappa shape index (κ3) is 4.63. The number of aliphatic hydroxyl groups is 1. The van der Waals surface area contributed by atoms with E-state index in [0.717, 1.165) is 45.2 Å². The van der Waals surface area contributed by atoms with Gasteiger partial charge in [0.2, 0.25) is 5.91 Å². The number of benzene rings is 1. The molecule has 186 valence electrons. The van der Waals surface area contributed by atoms with E-state index in [9.17, 15) is 14.7 Å². The van der Waals surface area contributed by atoms with E-state index >= 15 is 0 Å². The average molecular weight is 511 g/mol. The Kier molecular flexibility index (Phi) is 6.72. The van der Waals surface area contributed by atoms with Crippen molar-refractivity contribution in [1.82, 2.24) is 14.7 Å². The molecule has 5 rings (SSSR count). The zero-order valence-corrected chi connectivity index (χ0v) is 20.9. The van der Waals surface area contributed by atoms with Crippen LogP contribution in [0.2, 0.25) is 10.0 Å². The number of halogens is 2. The van der Waals surface area contributed by atoms with Gasteiger partial charge in [0.15, 0.2) is 0 Å². The van der Waals surface area contributed by atoms with Gasteiger partial charge in [0.25, 0.3) is 0 Å². The zero-order chi connectivity index (χ0) is 24.0. The number of rotatable bonds is 3. The van der Waals surface area contributed by atoms with Gasteiger partial charge in [-0.25, -0.2) is 4.79 Å². The summed E-state index contributed by atoms with van der Waals surface area (Å²) in [5.74, 6) is -0.108. The summed E-state index contributed by atoms with van der Waals surface area (Å²) in [7, 11) is 0. The molecule has 3 heterocycles. The number of piperidine rings is 1. The molecule has 34 heavy (non-hydrogen) atoms. The third-order valence-electron chi connectivity index (χ3n) is 7.98. The molecule has 4 fully saturated rings. The van der Waals surface area contributed by atoms with E-state index in [1.54, 1.807) is 25.1 Å². The van der Waals surface area contributed by atoms with Crippen LogP contribution in [-0.2, 0) is 9.53 Å². The molecule has 1 aromatic rings. The van der Waals surface area contributed by atoms with E-state index in [1.165, 1.54) is 4.90 Å². The van der Waals surface area contributed by atoms with E-state index in [-0.39, 0.29) is 29.5 Å². The van der Waals surface area contributed by atoms with Crippen LogP contribution in [0.1, 0.15) is 39.0 Å². The largest absolute Gasteiger partial charge is 0.391 e. The quantitative estimate of drug-likeness (QED) is 0.650. The summed E-state index contributed by atoms with van der Waals surface area (Å²) in [6, 6.07) is 3.88. The summed E-state index contributed by atoms with van der Waals surface area (Å²) < 4.78 is 6.05. The Morgan fingerprint density at radius 1 is 1.24 bits per heavy atom. The van der Waals surface area contributed by atoms with Crippen LogP contribution in [0.4, 0.5) is 10.5 Å². The lowest BCUT2D eigenvalue weighted by atomic mass is 9.90. The van der Waals surface area contributed by atoms with Gasteiger partial charge in [-0.1, -0.05) is 23.2 Å². The molecule has 1 saturated carbocycles. The van der Waals surface area contributed by atoms with Crippen LogP contribution < -0.4 is 5.32 Å². The number of aliphatic hydroxyl groups excluding tert-OH is 1. The van der Waals surface area contributed by atoms with Crippen molar-refractivity contribution >= 4 is 40.8 Å². The smallest absolute Gasteiger partial charge is 0.322 e. The maximum atomic E-state index is 13.5. The molecule has 4 atom stereocenters. The Morgan fingerprint density at radius 2 is 2.03 bits per heavy atom. The first kappa shape index (κ1) is 24.1. The lowest BCUT2D eigenvalue weighted by Gasteiger charge is -2.47. The molecule has 0 aromatic heterocycles. The van der Waals surface area contributed by atoms with Crippen LogP contribution in [-0.4, -0.2) is 88.9 Å². The molecule has 4 aliphatic rings. The van der Waals surface area contributed by atoms with E-state index < -0.39 is 12.3 Å². The summed E-state index contributed by atoms with van der Waals surface area (Å²) in [5.41, 5.74) is 0.668. The second-order valence-corrected chi connectivity index (χ2v) is 11.0. The molecule has 10 heteroatoms. The Labute approximate surface area is 210 Å².